The Morgan fingerprint density at radius 1 is 1.17 bits per heavy atom. The van der Waals surface area contributed by atoms with Crippen LogP contribution in [-0.2, 0) is 13.5 Å². The molecule has 0 N–H and O–H groups in total. The zero-order valence-electron chi connectivity index (χ0n) is 16.2. The molecule has 0 amide bonds. The normalized spacial score (nSPS) is 11.4. The number of hydrogen-bond donors (Lipinski definition) is 0. The third-order valence-electron chi connectivity index (χ3n) is 4.04. The van der Waals surface area contributed by atoms with Gasteiger partial charge < -0.3 is 4.42 Å². The summed E-state index contributed by atoms with van der Waals surface area (Å²) in [5, 5.41) is 13.8. The Labute approximate surface area is 171 Å². The molecule has 0 bridgehead atoms. The Kier molecular flexibility index (Phi) is 5.96. The summed E-state index contributed by atoms with van der Waals surface area (Å²) in [6.07, 6.45) is 4.14. The van der Waals surface area contributed by atoms with Gasteiger partial charge in [-0.25, -0.2) is 28.0 Å². The lowest BCUT2D eigenvalue weighted by atomic mass is 10.2. The second-order valence-corrected chi connectivity index (χ2v) is 7.01. The monoisotopic (exact) mass is 436 g/mol. The van der Waals surface area contributed by atoms with Crippen molar-refractivity contribution < 1.29 is 37.9 Å². The Hall–Kier alpha value is -3.16. The molecule has 0 saturated carbocycles. The van der Waals surface area contributed by atoms with Crippen molar-refractivity contribution in [1.82, 2.24) is 24.8 Å². The van der Waals surface area contributed by atoms with Gasteiger partial charge in [0.05, 0.1) is 24.1 Å². The van der Waals surface area contributed by atoms with Gasteiger partial charge in [0.25, 0.3) is 6.33 Å². The number of aryl methyl sites for hydroxylation is 3. The molecule has 0 aliphatic carbocycles. The van der Waals surface area contributed by atoms with E-state index in [1.165, 1.54) is 4.68 Å². The minimum absolute atomic E-state index is 0.363. The fraction of sp³-hybridized carbons (Fsp3) is 0.235. The number of rotatable bonds is 3. The van der Waals surface area contributed by atoms with Gasteiger partial charge in [-0.3, -0.25) is 0 Å². The lowest BCUT2D eigenvalue weighted by molar-refractivity contribution is -2.00. The van der Waals surface area contributed by atoms with Crippen LogP contribution < -0.4 is 28.8 Å². The van der Waals surface area contributed by atoms with Gasteiger partial charge in [-0.05, 0) is 31.5 Å². The average molecular weight is 437 g/mol. The fourth-order valence-electron chi connectivity index (χ4n) is 2.72. The van der Waals surface area contributed by atoms with Gasteiger partial charge in [-0.2, -0.15) is 15.0 Å². The highest BCUT2D eigenvalue weighted by Crippen LogP contribution is 2.19. The first-order valence-corrected chi connectivity index (χ1v) is 9.81. The van der Waals surface area contributed by atoms with E-state index in [-0.39, 0.29) is 0 Å². The van der Waals surface area contributed by atoms with E-state index in [0.717, 1.165) is 28.9 Å². The SMILES string of the molecule is CCc1nn(-c2ccc3cc(-n4c[n+](C)cn4)c(=O)oc3c2)nc1C.[O-][Cl+3]([O-])([O-])[O-]. The molecule has 0 radical (unpaired) electrons. The molecule has 0 aliphatic heterocycles. The molecule has 0 spiro atoms. The second kappa shape index (κ2) is 8.30. The molecule has 0 saturated heterocycles. The van der Waals surface area contributed by atoms with E-state index in [0.29, 0.717) is 11.3 Å². The van der Waals surface area contributed by atoms with E-state index in [9.17, 15) is 4.79 Å². The first-order chi connectivity index (χ1) is 14.0. The van der Waals surface area contributed by atoms with Crippen molar-refractivity contribution in [3.63, 3.8) is 0 Å². The largest absolute Gasteiger partial charge is 0.420 e. The maximum atomic E-state index is 12.3. The predicted molar refractivity (Wildman–Crippen MR) is 89.8 cm³/mol. The van der Waals surface area contributed by atoms with E-state index in [1.54, 1.807) is 34.2 Å². The van der Waals surface area contributed by atoms with Crippen molar-refractivity contribution in [1.29, 1.82) is 0 Å². The van der Waals surface area contributed by atoms with E-state index in [1.807, 2.05) is 33.0 Å². The van der Waals surface area contributed by atoms with E-state index in [2.05, 4.69) is 15.3 Å². The summed E-state index contributed by atoms with van der Waals surface area (Å²) in [7, 11) is -3.11. The molecule has 0 fully saturated rings. The minimum atomic E-state index is -4.94. The maximum Gasteiger partial charge on any atom is 0.379 e. The Bertz CT molecular complexity index is 1240. The van der Waals surface area contributed by atoms with Crippen LogP contribution in [0.1, 0.15) is 18.3 Å². The molecule has 0 aliphatic rings. The first-order valence-electron chi connectivity index (χ1n) is 8.58. The quantitative estimate of drug-likeness (QED) is 0.233. The van der Waals surface area contributed by atoms with Crippen LogP contribution in [0.5, 0.6) is 0 Å². The van der Waals surface area contributed by atoms with Crippen LogP contribution in [0.25, 0.3) is 22.3 Å². The van der Waals surface area contributed by atoms with Gasteiger partial charge in [-0.1, -0.05) is 11.6 Å². The molecule has 3 heterocycles. The zero-order valence-corrected chi connectivity index (χ0v) is 16.9. The molecule has 0 atom stereocenters. The zero-order chi connectivity index (χ0) is 22.1. The Morgan fingerprint density at radius 3 is 2.43 bits per heavy atom. The van der Waals surface area contributed by atoms with Gasteiger partial charge in [-0.15, -0.1) is 10.2 Å². The molecule has 30 heavy (non-hydrogen) atoms. The van der Waals surface area contributed by atoms with Crippen molar-refractivity contribution in [2.24, 2.45) is 7.05 Å². The van der Waals surface area contributed by atoms with Crippen LogP contribution in [0.2, 0.25) is 0 Å². The molecule has 3 aromatic heterocycles. The lowest BCUT2D eigenvalue weighted by Gasteiger charge is -2.17. The summed E-state index contributed by atoms with van der Waals surface area (Å²) in [6, 6.07) is 7.30. The molecular weight excluding hydrogens is 420 g/mol. The van der Waals surface area contributed by atoms with Crippen LogP contribution in [-0.4, -0.2) is 24.8 Å². The highest BCUT2D eigenvalue weighted by Gasteiger charge is 2.15. The Balaban J connectivity index is 0.000000461. The molecule has 4 aromatic rings. The summed E-state index contributed by atoms with van der Waals surface area (Å²) in [5.74, 6) is 0. The minimum Gasteiger partial charge on any atom is -0.420 e. The summed E-state index contributed by atoms with van der Waals surface area (Å²) in [4.78, 5) is 13.9. The molecule has 12 nitrogen and oxygen atoms in total. The topological polar surface area (TPSA) is 175 Å². The molecular formula is C17H17ClN6O6. The third-order valence-corrected chi connectivity index (χ3v) is 4.04. The summed E-state index contributed by atoms with van der Waals surface area (Å²) >= 11 is 0. The molecule has 0 unspecified atom stereocenters. The number of fused-ring (bicyclic) bond motifs is 1. The third kappa shape index (κ3) is 5.06. The van der Waals surface area contributed by atoms with Gasteiger partial charge in [0.15, 0.2) is 0 Å². The lowest BCUT2D eigenvalue weighted by Crippen LogP contribution is -2.68. The molecule has 4 rings (SSSR count). The first kappa shape index (κ1) is 21.5. The highest BCUT2D eigenvalue weighted by atomic mass is 35.7. The van der Waals surface area contributed by atoms with Crippen molar-refractivity contribution >= 4 is 11.0 Å². The molecule has 1 aromatic carbocycles. The van der Waals surface area contributed by atoms with Gasteiger partial charge in [0, 0.05) is 16.6 Å². The van der Waals surface area contributed by atoms with Crippen LogP contribution in [0.15, 0.2) is 46.1 Å². The average Bonchev–Trinajstić information content (AvgIpc) is 3.24. The molecule has 158 valence electrons. The van der Waals surface area contributed by atoms with Crippen molar-refractivity contribution in [2.75, 3.05) is 0 Å². The van der Waals surface area contributed by atoms with Crippen molar-refractivity contribution in [2.45, 2.75) is 20.3 Å². The summed E-state index contributed by atoms with van der Waals surface area (Å²) in [5.41, 5.74) is 2.98. The number of halogens is 1. The number of aromatic nitrogens is 6. The fourth-order valence-corrected chi connectivity index (χ4v) is 2.72. The second-order valence-electron chi connectivity index (χ2n) is 6.25. The van der Waals surface area contributed by atoms with Crippen LogP contribution in [0, 0.1) is 17.2 Å². The van der Waals surface area contributed by atoms with E-state index < -0.39 is 15.9 Å². The van der Waals surface area contributed by atoms with E-state index in [4.69, 9.17) is 23.1 Å². The Morgan fingerprint density at radius 2 is 1.87 bits per heavy atom. The van der Waals surface area contributed by atoms with Gasteiger partial charge >= 0.3 is 5.63 Å². The number of hydrogen-bond acceptors (Lipinski definition) is 9. The molecule has 13 heteroatoms. The summed E-state index contributed by atoms with van der Waals surface area (Å²) < 4.78 is 42.7. The smallest absolute Gasteiger partial charge is 0.379 e. The van der Waals surface area contributed by atoms with Crippen LogP contribution in [0.3, 0.4) is 0 Å². The standard InChI is InChI=1S/C17H17N6O2.ClHO4/c1-4-14-11(2)19-23(20-14)13-6-5-12-7-15(17(24)25-16(12)8-13)22-10-21(3)9-18-22;2-1(3,4)5/h5-10H,4H2,1-3H3;(H,2,3,4,5)/q+1;/p-1. The number of benzene rings is 1. The van der Waals surface area contributed by atoms with Crippen LogP contribution in [0.4, 0.5) is 0 Å². The number of nitrogens with zero attached hydrogens (tertiary/aromatic N) is 6. The van der Waals surface area contributed by atoms with Crippen molar-refractivity contribution in [3.8, 4) is 11.4 Å². The highest BCUT2D eigenvalue weighted by molar-refractivity contribution is 5.80. The van der Waals surface area contributed by atoms with E-state index >= 15 is 0 Å². The van der Waals surface area contributed by atoms with Gasteiger partial charge in [0.2, 0.25) is 12.0 Å². The summed E-state index contributed by atoms with van der Waals surface area (Å²) in [6.45, 7) is 3.97. The van der Waals surface area contributed by atoms with Gasteiger partial charge in [0.1, 0.15) is 5.58 Å². The predicted octanol–water partition coefficient (Wildman–Crippen LogP) is -3.50. The van der Waals surface area contributed by atoms with Crippen LogP contribution >= 0.6 is 0 Å². The maximum absolute atomic E-state index is 12.3. The van der Waals surface area contributed by atoms with Crippen molar-refractivity contribution in [3.05, 3.63) is 58.7 Å².